The standard InChI is InChI=1S/C15H20BrN3O2/c1-10(2)15(3,9-17)19-14(20)8-18-13-7-11(21-4)5-6-12(13)16/h5-7,10,18H,8H2,1-4H3,(H,19,20)/t15-/m1/s1. The molecule has 1 amide bonds. The highest BCUT2D eigenvalue weighted by atomic mass is 79.9. The van der Waals surface area contributed by atoms with Gasteiger partial charge >= 0.3 is 0 Å². The van der Waals surface area contributed by atoms with Gasteiger partial charge in [-0.3, -0.25) is 4.79 Å². The van der Waals surface area contributed by atoms with Gasteiger partial charge < -0.3 is 15.4 Å². The summed E-state index contributed by atoms with van der Waals surface area (Å²) in [5, 5.41) is 15.0. The second kappa shape index (κ2) is 7.32. The summed E-state index contributed by atoms with van der Waals surface area (Å²) >= 11 is 3.41. The number of hydrogen-bond donors (Lipinski definition) is 2. The van der Waals surface area contributed by atoms with Crippen LogP contribution in [0.15, 0.2) is 22.7 Å². The van der Waals surface area contributed by atoms with E-state index in [1.54, 1.807) is 20.1 Å². The first-order valence-corrected chi connectivity index (χ1v) is 7.41. The van der Waals surface area contributed by atoms with Crippen LogP contribution in [0.4, 0.5) is 5.69 Å². The van der Waals surface area contributed by atoms with Crippen molar-refractivity contribution >= 4 is 27.5 Å². The van der Waals surface area contributed by atoms with Crippen molar-refractivity contribution in [1.82, 2.24) is 5.32 Å². The van der Waals surface area contributed by atoms with Crippen LogP contribution >= 0.6 is 15.9 Å². The van der Waals surface area contributed by atoms with Gasteiger partial charge in [-0.15, -0.1) is 0 Å². The first-order chi connectivity index (χ1) is 9.82. The van der Waals surface area contributed by atoms with Crippen LogP contribution < -0.4 is 15.4 Å². The molecule has 0 saturated heterocycles. The SMILES string of the molecule is COc1ccc(Br)c(NCC(=O)N[C@](C)(C#N)C(C)C)c1. The molecule has 0 fully saturated rings. The van der Waals surface area contributed by atoms with E-state index in [1.165, 1.54) is 0 Å². The summed E-state index contributed by atoms with van der Waals surface area (Å²) in [5.41, 5.74) is -0.114. The molecular formula is C15H20BrN3O2. The summed E-state index contributed by atoms with van der Waals surface area (Å²) in [5.74, 6) is 0.489. The molecule has 2 N–H and O–H groups in total. The van der Waals surface area contributed by atoms with Crippen LogP contribution in [0.25, 0.3) is 0 Å². The fraction of sp³-hybridized carbons (Fsp3) is 0.467. The molecule has 0 spiro atoms. The summed E-state index contributed by atoms with van der Waals surface area (Å²) in [7, 11) is 1.58. The number of ether oxygens (including phenoxy) is 1. The number of nitriles is 1. The molecule has 5 nitrogen and oxygen atoms in total. The van der Waals surface area contributed by atoms with E-state index in [0.29, 0.717) is 5.75 Å². The number of hydrogen-bond acceptors (Lipinski definition) is 4. The van der Waals surface area contributed by atoms with Crippen LogP contribution in [-0.2, 0) is 4.79 Å². The molecule has 0 aliphatic carbocycles. The Balaban J connectivity index is 2.68. The minimum Gasteiger partial charge on any atom is -0.497 e. The molecule has 1 rings (SSSR count). The molecule has 0 aliphatic rings. The van der Waals surface area contributed by atoms with Gasteiger partial charge in [-0.1, -0.05) is 13.8 Å². The first kappa shape index (κ1) is 17.3. The topological polar surface area (TPSA) is 74.2 Å². The van der Waals surface area contributed by atoms with Gasteiger partial charge in [0.2, 0.25) is 5.91 Å². The number of nitrogens with zero attached hydrogens (tertiary/aromatic N) is 1. The molecule has 6 heteroatoms. The highest BCUT2D eigenvalue weighted by molar-refractivity contribution is 9.10. The number of rotatable bonds is 6. The smallest absolute Gasteiger partial charge is 0.240 e. The van der Waals surface area contributed by atoms with Gasteiger partial charge in [0.25, 0.3) is 0 Å². The van der Waals surface area contributed by atoms with Gasteiger partial charge in [-0.25, -0.2) is 0 Å². The Morgan fingerprint density at radius 1 is 1.52 bits per heavy atom. The molecule has 0 radical (unpaired) electrons. The van der Waals surface area contributed by atoms with E-state index in [9.17, 15) is 10.1 Å². The molecule has 1 aromatic carbocycles. The number of anilines is 1. The van der Waals surface area contributed by atoms with Crippen LogP contribution in [0.3, 0.4) is 0 Å². The second-order valence-corrected chi connectivity index (χ2v) is 6.07. The normalized spacial score (nSPS) is 13.2. The zero-order valence-corrected chi connectivity index (χ0v) is 14.2. The molecule has 0 saturated carbocycles. The number of methoxy groups -OCH3 is 1. The minimum absolute atomic E-state index is 0.0232. The first-order valence-electron chi connectivity index (χ1n) is 6.62. The molecule has 0 aliphatic heterocycles. The van der Waals surface area contributed by atoms with E-state index in [1.807, 2.05) is 26.0 Å². The molecule has 0 aromatic heterocycles. The maximum absolute atomic E-state index is 12.0. The van der Waals surface area contributed by atoms with Crippen molar-refractivity contribution in [2.75, 3.05) is 19.0 Å². The maximum atomic E-state index is 12.0. The number of amides is 1. The number of carbonyl (C=O) groups is 1. The minimum atomic E-state index is -0.871. The quantitative estimate of drug-likeness (QED) is 0.824. The van der Waals surface area contributed by atoms with Crippen LogP contribution in [0.2, 0.25) is 0 Å². The monoisotopic (exact) mass is 353 g/mol. The highest BCUT2D eigenvalue weighted by Gasteiger charge is 2.29. The Labute approximate surface area is 133 Å². The molecule has 0 heterocycles. The Morgan fingerprint density at radius 2 is 2.19 bits per heavy atom. The van der Waals surface area contributed by atoms with Crippen molar-refractivity contribution in [3.8, 4) is 11.8 Å². The highest BCUT2D eigenvalue weighted by Crippen LogP contribution is 2.26. The molecule has 0 unspecified atom stereocenters. The largest absolute Gasteiger partial charge is 0.497 e. The van der Waals surface area contributed by atoms with Crippen molar-refractivity contribution in [2.24, 2.45) is 5.92 Å². The predicted octanol–water partition coefficient (Wildman–Crippen LogP) is 2.92. The number of benzene rings is 1. The van der Waals surface area contributed by atoms with E-state index >= 15 is 0 Å². The van der Waals surface area contributed by atoms with Gasteiger partial charge in [0.15, 0.2) is 0 Å². The average Bonchev–Trinajstić information content (AvgIpc) is 2.46. The molecule has 1 atom stereocenters. The average molecular weight is 354 g/mol. The Bertz CT molecular complexity index is 554. The van der Waals surface area contributed by atoms with Crippen LogP contribution in [-0.4, -0.2) is 25.1 Å². The van der Waals surface area contributed by atoms with Crippen molar-refractivity contribution in [3.63, 3.8) is 0 Å². The third kappa shape index (κ3) is 4.64. The van der Waals surface area contributed by atoms with Crippen molar-refractivity contribution in [2.45, 2.75) is 26.3 Å². The zero-order chi connectivity index (χ0) is 16.0. The van der Waals surface area contributed by atoms with E-state index < -0.39 is 5.54 Å². The van der Waals surface area contributed by atoms with Gasteiger partial charge in [-0.2, -0.15) is 5.26 Å². The molecule has 114 valence electrons. The number of halogens is 1. The molecule has 21 heavy (non-hydrogen) atoms. The number of nitrogens with one attached hydrogen (secondary N) is 2. The lowest BCUT2D eigenvalue weighted by molar-refractivity contribution is -0.121. The van der Waals surface area contributed by atoms with E-state index in [0.717, 1.165) is 10.2 Å². The van der Waals surface area contributed by atoms with Crippen molar-refractivity contribution < 1.29 is 9.53 Å². The van der Waals surface area contributed by atoms with Crippen LogP contribution in [0, 0.1) is 17.2 Å². The maximum Gasteiger partial charge on any atom is 0.240 e. The molecular weight excluding hydrogens is 334 g/mol. The Morgan fingerprint density at radius 3 is 2.71 bits per heavy atom. The van der Waals surface area contributed by atoms with E-state index in [4.69, 9.17) is 4.74 Å². The van der Waals surface area contributed by atoms with Crippen molar-refractivity contribution in [1.29, 1.82) is 5.26 Å². The third-order valence-corrected chi connectivity index (χ3v) is 4.09. The van der Waals surface area contributed by atoms with E-state index in [-0.39, 0.29) is 18.4 Å². The lowest BCUT2D eigenvalue weighted by atomic mass is 9.90. The van der Waals surface area contributed by atoms with Gasteiger partial charge in [-0.05, 0) is 40.9 Å². The van der Waals surface area contributed by atoms with Gasteiger partial charge in [0.05, 0.1) is 25.4 Å². The number of carbonyl (C=O) groups excluding carboxylic acids is 1. The summed E-state index contributed by atoms with van der Waals surface area (Å²) < 4.78 is 5.98. The summed E-state index contributed by atoms with van der Waals surface area (Å²) in [6.07, 6.45) is 0. The van der Waals surface area contributed by atoms with Crippen LogP contribution in [0.5, 0.6) is 5.75 Å². The summed E-state index contributed by atoms with van der Waals surface area (Å²) in [6, 6.07) is 7.60. The summed E-state index contributed by atoms with van der Waals surface area (Å²) in [6.45, 7) is 5.60. The fourth-order valence-corrected chi connectivity index (χ4v) is 1.96. The van der Waals surface area contributed by atoms with E-state index in [2.05, 4.69) is 32.6 Å². The molecule has 0 bridgehead atoms. The van der Waals surface area contributed by atoms with Gasteiger partial charge in [0.1, 0.15) is 11.3 Å². The fourth-order valence-electron chi connectivity index (χ4n) is 1.58. The van der Waals surface area contributed by atoms with Crippen LogP contribution in [0.1, 0.15) is 20.8 Å². The second-order valence-electron chi connectivity index (χ2n) is 5.22. The lowest BCUT2D eigenvalue weighted by Crippen LogP contribution is -2.50. The van der Waals surface area contributed by atoms with Gasteiger partial charge in [0, 0.05) is 10.5 Å². The zero-order valence-electron chi connectivity index (χ0n) is 12.7. The lowest BCUT2D eigenvalue weighted by Gasteiger charge is -2.27. The van der Waals surface area contributed by atoms with Crippen molar-refractivity contribution in [3.05, 3.63) is 22.7 Å². The Kier molecular flexibility index (Phi) is 6.03. The third-order valence-electron chi connectivity index (χ3n) is 3.40. The Hall–Kier alpha value is -1.74. The summed E-state index contributed by atoms with van der Waals surface area (Å²) in [4.78, 5) is 12.0. The predicted molar refractivity (Wildman–Crippen MR) is 86.2 cm³/mol. The molecule has 1 aromatic rings.